The SMILES string of the molecule is O=S(=O)(Nc1cc(Br)ccc1Cl)c1cnccc1Cl. The van der Waals surface area contributed by atoms with Gasteiger partial charge in [0.05, 0.1) is 15.7 Å². The highest BCUT2D eigenvalue weighted by Crippen LogP contribution is 2.29. The van der Waals surface area contributed by atoms with Crippen LogP contribution in [0.25, 0.3) is 0 Å². The summed E-state index contributed by atoms with van der Waals surface area (Å²) in [5.41, 5.74) is 0.260. The number of hydrogen-bond donors (Lipinski definition) is 1. The van der Waals surface area contributed by atoms with E-state index in [2.05, 4.69) is 25.6 Å². The maximum Gasteiger partial charge on any atom is 0.264 e. The fraction of sp³-hybridized carbons (Fsp3) is 0. The average Bonchev–Trinajstić information content (AvgIpc) is 2.34. The first-order chi connectivity index (χ1) is 8.90. The normalized spacial score (nSPS) is 11.3. The van der Waals surface area contributed by atoms with Crippen molar-refractivity contribution < 1.29 is 8.42 Å². The van der Waals surface area contributed by atoms with E-state index in [9.17, 15) is 8.42 Å². The molecule has 8 heteroatoms. The quantitative estimate of drug-likeness (QED) is 0.875. The third-order valence-corrected chi connectivity index (χ3v) is 4.85. The number of rotatable bonds is 3. The van der Waals surface area contributed by atoms with Crippen LogP contribution in [0.3, 0.4) is 0 Å². The summed E-state index contributed by atoms with van der Waals surface area (Å²) in [5, 5.41) is 0.375. The molecule has 0 atom stereocenters. The molecule has 0 aliphatic heterocycles. The Bertz CT molecular complexity index is 722. The molecule has 0 saturated heterocycles. The molecule has 1 aromatic heterocycles. The van der Waals surface area contributed by atoms with Gasteiger partial charge in [-0.2, -0.15) is 0 Å². The second-order valence-electron chi connectivity index (χ2n) is 3.54. The lowest BCUT2D eigenvalue weighted by molar-refractivity contribution is 0.601. The molecular formula is C11H7BrCl2N2O2S. The van der Waals surface area contributed by atoms with E-state index in [-0.39, 0.29) is 20.6 Å². The van der Waals surface area contributed by atoms with Crippen LogP contribution in [0.5, 0.6) is 0 Å². The Kier molecular flexibility index (Phi) is 4.35. The van der Waals surface area contributed by atoms with Gasteiger partial charge < -0.3 is 0 Å². The van der Waals surface area contributed by atoms with Gasteiger partial charge in [0, 0.05) is 16.9 Å². The van der Waals surface area contributed by atoms with Crippen LogP contribution in [0.4, 0.5) is 5.69 Å². The van der Waals surface area contributed by atoms with Crippen LogP contribution in [0, 0.1) is 0 Å². The number of anilines is 1. The lowest BCUT2D eigenvalue weighted by Gasteiger charge is -2.10. The van der Waals surface area contributed by atoms with Crippen LogP contribution >= 0.6 is 39.1 Å². The molecule has 1 N–H and O–H groups in total. The summed E-state index contributed by atoms with van der Waals surface area (Å²) in [6.45, 7) is 0. The van der Waals surface area contributed by atoms with Gasteiger partial charge in [0.1, 0.15) is 4.90 Å². The molecule has 2 rings (SSSR count). The standard InChI is InChI=1S/C11H7BrCl2N2O2S/c12-7-1-2-8(13)10(5-7)16-19(17,18)11-6-15-4-3-9(11)14/h1-6,16H. The number of nitrogens with zero attached hydrogens (tertiary/aromatic N) is 1. The molecule has 0 amide bonds. The number of sulfonamides is 1. The van der Waals surface area contributed by atoms with E-state index >= 15 is 0 Å². The minimum absolute atomic E-state index is 0.0913. The Labute approximate surface area is 128 Å². The molecule has 19 heavy (non-hydrogen) atoms. The van der Waals surface area contributed by atoms with Crippen molar-refractivity contribution in [3.63, 3.8) is 0 Å². The Balaban J connectivity index is 2.43. The number of benzene rings is 1. The Morgan fingerprint density at radius 2 is 1.89 bits per heavy atom. The van der Waals surface area contributed by atoms with Crippen LogP contribution < -0.4 is 4.72 Å². The van der Waals surface area contributed by atoms with E-state index in [1.165, 1.54) is 18.5 Å². The third-order valence-electron chi connectivity index (χ3n) is 2.20. The Morgan fingerprint density at radius 1 is 1.16 bits per heavy atom. The molecule has 4 nitrogen and oxygen atoms in total. The van der Waals surface area contributed by atoms with Crippen molar-refractivity contribution in [3.05, 3.63) is 51.2 Å². The molecule has 0 fully saturated rings. The maximum absolute atomic E-state index is 12.2. The van der Waals surface area contributed by atoms with Crippen molar-refractivity contribution in [1.82, 2.24) is 4.98 Å². The van der Waals surface area contributed by atoms with E-state index in [1.54, 1.807) is 18.2 Å². The zero-order chi connectivity index (χ0) is 14.0. The van der Waals surface area contributed by atoms with Gasteiger partial charge in [0.15, 0.2) is 0 Å². The van der Waals surface area contributed by atoms with Gasteiger partial charge in [-0.25, -0.2) is 8.42 Å². The number of hydrogen-bond acceptors (Lipinski definition) is 3. The molecule has 0 radical (unpaired) electrons. The molecule has 0 unspecified atom stereocenters. The van der Waals surface area contributed by atoms with Gasteiger partial charge in [-0.05, 0) is 24.3 Å². The molecule has 1 heterocycles. The summed E-state index contributed by atoms with van der Waals surface area (Å²) in [4.78, 5) is 3.64. The minimum Gasteiger partial charge on any atom is -0.278 e. The van der Waals surface area contributed by atoms with Gasteiger partial charge in [-0.1, -0.05) is 39.1 Å². The van der Waals surface area contributed by atoms with Gasteiger partial charge in [-0.15, -0.1) is 0 Å². The largest absolute Gasteiger partial charge is 0.278 e. The molecule has 0 aliphatic rings. The lowest BCUT2D eigenvalue weighted by Crippen LogP contribution is -2.14. The van der Waals surface area contributed by atoms with Crippen molar-refractivity contribution >= 4 is 54.8 Å². The number of pyridine rings is 1. The molecule has 0 aliphatic carbocycles. The third kappa shape index (κ3) is 3.39. The van der Waals surface area contributed by atoms with Crippen LogP contribution in [-0.4, -0.2) is 13.4 Å². The topological polar surface area (TPSA) is 59.1 Å². The van der Waals surface area contributed by atoms with Gasteiger partial charge in [0.25, 0.3) is 10.0 Å². The average molecular weight is 382 g/mol. The highest BCUT2D eigenvalue weighted by atomic mass is 79.9. The minimum atomic E-state index is -3.83. The predicted molar refractivity (Wildman–Crippen MR) is 79.2 cm³/mol. The molecule has 100 valence electrons. The summed E-state index contributed by atoms with van der Waals surface area (Å²) in [7, 11) is -3.83. The first-order valence-corrected chi connectivity index (χ1v) is 8.01. The van der Waals surface area contributed by atoms with E-state index in [0.717, 1.165) is 0 Å². The van der Waals surface area contributed by atoms with Gasteiger partial charge in [-0.3, -0.25) is 9.71 Å². The zero-order valence-electron chi connectivity index (χ0n) is 9.27. The molecule has 0 spiro atoms. The highest BCUT2D eigenvalue weighted by molar-refractivity contribution is 9.10. The second kappa shape index (κ2) is 5.66. The smallest absolute Gasteiger partial charge is 0.264 e. The summed E-state index contributed by atoms with van der Waals surface area (Å²) >= 11 is 15.0. The second-order valence-corrected chi connectivity index (χ2v) is 6.92. The first kappa shape index (κ1) is 14.6. The predicted octanol–water partition coefficient (Wildman–Crippen LogP) is 3.95. The van der Waals surface area contributed by atoms with E-state index in [4.69, 9.17) is 23.2 Å². The number of nitrogens with one attached hydrogen (secondary N) is 1. The first-order valence-electron chi connectivity index (χ1n) is 4.97. The van der Waals surface area contributed by atoms with Gasteiger partial charge in [0.2, 0.25) is 0 Å². The summed E-state index contributed by atoms with van der Waals surface area (Å²) < 4.78 is 27.4. The highest BCUT2D eigenvalue weighted by Gasteiger charge is 2.19. The van der Waals surface area contributed by atoms with Crippen molar-refractivity contribution in [2.75, 3.05) is 4.72 Å². The summed E-state index contributed by atoms with van der Waals surface area (Å²) in [6, 6.07) is 6.24. The van der Waals surface area contributed by atoms with Crippen molar-refractivity contribution in [2.24, 2.45) is 0 Å². The van der Waals surface area contributed by atoms with Crippen molar-refractivity contribution in [3.8, 4) is 0 Å². The molecule has 0 bridgehead atoms. The number of aromatic nitrogens is 1. The lowest BCUT2D eigenvalue weighted by atomic mass is 10.3. The van der Waals surface area contributed by atoms with E-state index in [1.807, 2.05) is 0 Å². The molecule has 1 aromatic carbocycles. The Hall–Kier alpha value is -0.820. The molecular weight excluding hydrogens is 375 g/mol. The van der Waals surface area contributed by atoms with Crippen LogP contribution in [0.1, 0.15) is 0 Å². The van der Waals surface area contributed by atoms with Crippen LogP contribution in [-0.2, 0) is 10.0 Å². The van der Waals surface area contributed by atoms with Crippen molar-refractivity contribution in [2.45, 2.75) is 4.90 Å². The van der Waals surface area contributed by atoms with E-state index in [0.29, 0.717) is 4.47 Å². The van der Waals surface area contributed by atoms with Crippen molar-refractivity contribution in [1.29, 1.82) is 0 Å². The summed E-state index contributed by atoms with van der Waals surface area (Å²) in [6.07, 6.45) is 2.59. The van der Waals surface area contributed by atoms with Crippen LogP contribution in [0.15, 0.2) is 46.0 Å². The summed E-state index contributed by atoms with van der Waals surface area (Å²) in [5.74, 6) is 0. The van der Waals surface area contributed by atoms with Gasteiger partial charge >= 0.3 is 0 Å². The molecule has 2 aromatic rings. The van der Waals surface area contributed by atoms with Crippen LogP contribution in [0.2, 0.25) is 10.0 Å². The zero-order valence-corrected chi connectivity index (χ0v) is 13.2. The number of halogens is 3. The Morgan fingerprint density at radius 3 is 2.58 bits per heavy atom. The fourth-order valence-electron chi connectivity index (χ4n) is 1.34. The molecule has 0 saturated carbocycles. The maximum atomic E-state index is 12.2. The van der Waals surface area contributed by atoms with E-state index < -0.39 is 10.0 Å². The fourth-order valence-corrected chi connectivity index (χ4v) is 3.42. The monoisotopic (exact) mass is 380 g/mol.